The zero-order chi connectivity index (χ0) is 14.2. The van der Waals surface area contributed by atoms with Crippen LogP contribution in [0.4, 0.5) is 0 Å². The van der Waals surface area contributed by atoms with Gasteiger partial charge in [-0.2, -0.15) is 0 Å². The Morgan fingerprint density at radius 1 is 1.00 bits per heavy atom. The molecule has 0 aliphatic carbocycles. The van der Waals surface area contributed by atoms with Crippen LogP contribution in [0.25, 0.3) is 22.1 Å². The summed E-state index contributed by atoms with van der Waals surface area (Å²) < 4.78 is 2.13. The minimum Gasteiger partial charge on any atom is -0.341 e. The van der Waals surface area contributed by atoms with E-state index in [4.69, 9.17) is 0 Å². The number of nitrogens with one attached hydrogen (secondary N) is 1. The first-order valence-corrected chi connectivity index (χ1v) is 7.78. The van der Waals surface area contributed by atoms with E-state index in [9.17, 15) is 0 Å². The molecule has 2 aromatic carbocycles. The first-order chi connectivity index (χ1) is 10.3. The molecule has 0 saturated heterocycles. The predicted octanol–water partition coefficient (Wildman–Crippen LogP) is 3.74. The molecule has 4 nitrogen and oxygen atoms in total. The molecule has 5 heteroatoms. The van der Waals surface area contributed by atoms with Crippen LogP contribution < -0.4 is 0 Å². The van der Waals surface area contributed by atoms with Crippen molar-refractivity contribution in [2.24, 2.45) is 7.05 Å². The van der Waals surface area contributed by atoms with Crippen LogP contribution in [0.3, 0.4) is 0 Å². The van der Waals surface area contributed by atoms with Gasteiger partial charge in [0.05, 0.1) is 27.8 Å². The largest absolute Gasteiger partial charge is 0.341 e. The Morgan fingerprint density at radius 3 is 2.57 bits per heavy atom. The van der Waals surface area contributed by atoms with Crippen molar-refractivity contribution < 1.29 is 0 Å². The maximum atomic E-state index is 4.67. The third kappa shape index (κ3) is 2.19. The van der Waals surface area contributed by atoms with Crippen LogP contribution in [-0.4, -0.2) is 19.5 Å². The Labute approximate surface area is 126 Å². The second kappa shape index (κ2) is 4.93. The van der Waals surface area contributed by atoms with Gasteiger partial charge in [-0.3, -0.25) is 0 Å². The molecule has 4 aromatic rings. The van der Waals surface area contributed by atoms with Crippen molar-refractivity contribution in [1.82, 2.24) is 19.5 Å². The van der Waals surface area contributed by atoms with E-state index in [0.717, 1.165) is 38.8 Å². The minimum absolute atomic E-state index is 0.784. The minimum atomic E-state index is 0.784. The molecule has 2 aromatic heterocycles. The maximum absolute atomic E-state index is 4.67. The van der Waals surface area contributed by atoms with Crippen molar-refractivity contribution in [3.8, 4) is 0 Å². The van der Waals surface area contributed by atoms with Crippen molar-refractivity contribution in [3.05, 3.63) is 54.4 Å². The number of thioether (sulfide) groups is 1. The molecule has 0 unspecified atom stereocenters. The lowest BCUT2D eigenvalue weighted by atomic mass is 10.3. The lowest BCUT2D eigenvalue weighted by Gasteiger charge is -2.00. The maximum Gasteiger partial charge on any atom is 0.169 e. The van der Waals surface area contributed by atoms with E-state index in [1.807, 2.05) is 42.5 Å². The van der Waals surface area contributed by atoms with E-state index in [0.29, 0.717) is 0 Å². The van der Waals surface area contributed by atoms with Crippen LogP contribution in [0.2, 0.25) is 0 Å². The topological polar surface area (TPSA) is 46.5 Å². The Hall–Kier alpha value is -2.27. The van der Waals surface area contributed by atoms with E-state index < -0.39 is 0 Å². The van der Waals surface area contributed by atoms with E-state index in [1.54, 1.807) is 11.8 Å². The fourth-order valence-corrected chi connectivity index (χ4v) is 3.32. The van der Waals surface area contributed by atoms with Crippen molar-refractivity contribution >= 4 is 33.8 Å². The van der Waals surface area contributed by atoms with Crippen molar-refractivity contribution in [1.29, 1.82) is 0 Å². The molecule has 21 heavy (non-hydrogen) atoms. The number of rotatable bonds is 3. The molecular formula is C16H14N4S. The number of nitrogens with zero attached hydrogens (tertiary/aromatic N) is 3. The number of para-hydroxylation sites is 4. The van der Waals surface area contributed by atoms with Gasteiger partial charge in [0, 0.05) is 7.05 Å². The molecule has 2 heterocycles. The van der Waals surface area contributed by atoms with Crippen molar-refractivity contribution in [3.63, 3.8) is 0 Å². The van der Waals surface area contributed by atoms with Crippen LogP contribution in [0.5, 0.6) is 0 Å². The first kappa shape index (κ1) is 12.5. The summed E-state index contributed by atoms with van der Waals surface area (Å²) in [5.41, 5.74) is 4.29. The summed E-state index contributed by atoms with van der Waals surface area (Å²) in [6.45, 7) is 0. The standard InChI is InChI=1S/C16H14N4S/c1-20-14-9-5-4-8-13(14)19-16(20)21-10-15-17-11-6-2-3-7-12(11)18-15/h2-9H,10H2,1H3,(H,17,18). The van der Waals surface area contributed by atoms with Gasteiger partial charge in [0.15, 0.2) is 5.16 Å². The molecule has 104 valence electrons. The van der Waals surface area contributed by atoms with E-state index in [2.05, 4.69) is 32.6 Å². The number of benzene rings is 2. The zero-order valence-corrected chi connectivity index (χ0v) is 12.4. The molecule has 4 rings (SSSR count). The van der Waals surface area contributed by atoms with E-state index >= 15 is 0 Å². The molecule has 1 N–H and O–H groups in total. The fraction of sp³-hybridized carbons (Fsp3) is 0.125. The highest BCUT2D eigenvalue weighted by molar-refractivity contribution is 7.98. The Morgan fingerprint density at radius 2 is 1.76 bits per heavy atom. The van der Waals surface area contributed by atoms with Gasteiger partial charge >= 0.3 is 0 Å². The van der Waals surface area contributed by atoms with Gasteiger partial charge < -0.3 is 9.55 Å². The summed E-state index contributed by atoms with van der Waals surface area (Å²) >= 11 is 1.70. The molecule has 0 aliphatic heterocycles. The molecule has 0 fully saturated rings. The van der Waals surface area contributed by atoms with Crippen molar-refractivity contribution in [2.45, 2.75) is 10.9 Å². The van der Waals surface area contributed by atoms with Crippen LogP contribution in [-0.2, 0) is 12.8 Å². The van der Waals surface area contributed by atoms with Crippen molar-refractivity contribution in [2.75, 3.05) is 0 Å². The molecule has 0 spiro atoms. The highest BCUT2D eigenvalue weighted by Crippen LogP contribution is 2.25. The summed E-state index contributed by atoms with van der Waals surface area (Å²) in [6, 6.07) is 16.3. The Kier molecular flexibility index (Phi) is 2.93. The van der Waals surface area contributed by atoms with Crippen LogP contribution in [0.1, 0.15) is 5.82 Å². The summed E-state index contributed by atoms with van der Waals surface area (Å²) in [6.07, 6.45) is 0. The third-order valence-corrected chi connectivity index (χ3v) is 4.56. The van der Waals surface area contributed by atoms with Crippen LogP contribution in [0, 0.1) is 0 Å². The summed E-state index contributed by atoms with van der Waals surface area (Å²) in [4.78, 5) is 12.6. The zero-order valence-electron chi connectivity index (χ0n) is 11.6. The van der Waals surface area contributed by atoms with E-state index in [-0.39, 0.29) is 0 Å². The molecule has 0 bridgehead atoms. The van der Waals surface area contributed by atoms with Gasteiger partial charge in [0.1, 0.15) is 5.82 Å². The van der Waals surface area contributed by atoms with Gasteiger partial charge in [-0.05, 0) is 24.3 Å². The Balaban J connectivity index is 1.61. The molecular weight excluding hydrogens is 280 g/mol. The SMILES string of the molecule is Cn1c(SCc2nc3ccccc3[nH]2)nc2ccccc21. The smallest absolute Gasteiger partial charge is 0.169 e. The van der Waals surface area contributed by atoms with Gasteiger partial charge in [-0.1, -0.05) is 36.0 Å². The number of fused-ring (bicyclic) bond motifs is 2. The molecule has 0 radical (unpaired) electrons. The summed E-state index contributed by atoms with van der Waals surface area (Å²) in [5, 5.41) is 1.01. The number of H-pyrrole nitrogens is 1. The quantitative estimate of drug-likeness (QED) is 0.585. The number of hydrogen-bond donors (Lipinski definition) is 1. The van der Waals surface area contributed by atoms with Crippen LogP contribution >= 0.6 is 11.8 Å². The highest BCUT2D eigenvalue weighted by Gasteiger charge is 2.09. The average molecular weight is 294 g/mol. The van der Waals surface area contributed by atoms with E-state index in [1.165, 1.54) is 0 Å². The number of aromatic amines is 1. The van der Waals surface area contributed by atoms with Gasteiger partial charge in [-0.15, -0.1) is 0 Å². The number of aryl methyl sites for hydroxylation is 1. The molecule has 0 aliphatic rings. The monoisotopic (exact) mass is 294 g/mol. The van der Waals surface area contributed by atoms with Gasteiger partial charge in [0.2, 0.25) is 0 Å². The predicted molar refractivity (Wildman–Crippen MR) is 86.4 cm³/mol. The molecule has 0 saturated carbocycles. The number of aromatic nitrogens is 4. The normalized spacial score (nSPS) is 11.5. The molecule has 0 amide bonds. The second-order valence-electron chi connectivity index (χ2n) is 4.93. The highest BCUT2D eigenvalue weighted by atomic mass is 32.2. The lowest BCUT2D eigenvalue weighted by Crippen LogP contribution is -1.92. The summed E-state index contributed by atoms with van der Waals surface area (Å²) in [7, 11) is 2.05. The summed E-state index contributed by atoms with van der Waals surface area (Å²) in [5.74, 6) is 1.76. The lowest BCUT2D eigenvalue weighted by molar-refractivity contribution is 0.814. The number of imidazole rings is 2. The Bertz CT molecular complexity index is 889. The molecule has 0 atom stereocenters. The fourth-order valence-electron chi connectivity index (χ4n) is 2.46. The first-order valence-electron chi connectivity index (χ1n) is 6.79. The number of hydrogen-bond acceptors (Lipinski definition) is 3. The average Bonchev–Trinajstić information content (AvgIpc) is 3.07. The third-order valence-electron chi connectivity index (χ3n) is 3.52. The second-order valence-corrected chi connectivity index (χ2v) is 5.87. The van der Waals surface area contributed by atoms with Gasteiger partial charge in [-0.25, -0.2) is 9.97 Å². The van der Waals surface area contributed by atoms with Crippen LogP contribution in [0.15, 0.2) is 53.7 Å². The van der Waals surface area contributed by atoms with Gasteiger partial charge in [0.25, 0.3) is 0 Å².